The molecule has 1 amide bonds. The standard InChI is InChI=1S/C24H25ClN4O5/c1-31-19-6-5-17(25)13-18(19)28-24(27-14-15-7-9-26-10-8-15)29-23(30)16-11-20(32-2)22(34-4)21(12-16)33-3/h5-13H,14H2,1-4H3,(H2,27,28,29,30). The average molecular weight is 485 g/mol. The first kappa shape index (κ1) is 24.7. The van der Waals surface area contributed by atoms with Gasteiger partial charge in [0.05, 0.1) is 40.7 Å². The van der Waals surface area contributed by atoms with Crippen LogP contribution in [-0.2, 0) is 6.54 Å². The Balaban J connectivity index is 1.94. The number of guanidine groups is 1. The summed E-state index contributed by atoms with van der Waals surface area (Å²) in [6.45, 7) is 0.295. The quantitative estimate of drug-likeness (QED) is 0.365. The number of methoxy groups -OCH3 is 4. The van der Waals surface area contributed by atoms with Crippen LogP contribution in [0.4, 0.5) is 5.69 Å². The maximum absolute atomic E-state index is 13.2. The Morgan fingerprint density at radius 2 is 1.56 bits per heavy atom. The highest BCUT2D eigenvalue weighted by Crippen LogP contribution is 2.38. The lowest BCUT2D eigenvalue weighted by atomic mass is 10.1. The van der Waals surface area contributed by atoms with Crippen molar-refractivity contribution in [2.75, 3.05) is 33.8 Å². The summed E-state index contributed by atoms with van der Waals surface area (Å²) in [5.74, 6) is 1.37. The summed E-state index contributed by atoms with van der Waals surface area (Å²) in [5.41, 5.74) is 1.73. The van der Waals surface area contributed by atoms with Crippen LogP contribution in [0.5, 0.6) is 23.0 Å². The molecule has 0 atom stereocenters. The first-order chi connectivity index (χ1) is 16.5. The third-order valence-electron chi connectivity index (χ3n) is 4.74. The number of hydrogen-bond donors (Lipinski definition) is 2. The Kier molecular flexibility index (Phi) is 8.53. The number of nitrogens with zero attached hydrogens (tertiary/aromatic N) is 2. The summed E-state index contributed by atoms with van der Waals surface area (Å²) < 4.78 is 21.4. The van der Waals surface area contributed by atoms with Gasteiger partial charge in [-0.1, -0.05) is 11.6 Å². The monoisotopic (exact) mass is 484 g/mol. The first-order valence-electron chi connectivity index (χ1n) is 10.1. The molecule has 9 nitrogen and oxygen atoms in total. The summed E-state index contributed by atoms with van der Waals surface area (Å²) in [6, 6.07) is 11.9. The van der Waals surface area contributed by atoms with Gasteiger partial charge in [-0.25, -0.2) is 4.99 Å². The van der Waals surface area contributed by atoms with Gasteiger partial charge in [-0.05, 0) is 48.0 Å². The second-order valence-electron chi connectivity index (χ2n) is 6.86. The molecule has 0 saturated carbocycles. The molecule has 2 N–H and O–H groups in total. The Hall–Kier alpha value is -3.98. The molecule has 10 heteroatoms. The maximum Gasteiger partial charge on any atom is 0.258 e. The summed E-state index contributed by atoms with van der Waals surface area (Å²) in [5, 5.41) is 6.39. The molecule has 0 saturated heterocycles. The molecule has 1 heterocycles. The number of rotatable bonds is 8. The van der Waals surface area contributed by atoms with Crippen molar-refractivity contribution in [3.63, 3.8) is 0 Å². The van der Waals surface area contributed by atoms with Gasteiger partial charge in [0.25, 0.3) is 5.91 Å². The average Bonchev–Trinajstić information content (AvgIpc) is 2.87. The highest BCUT2D eigenvalue weighted by atomic mass is 35.5. The number of halogens is 1. The molecule has 0 aliphatic heterocycles. The van der Waals surface area contributed by atoms with Crippen molar-refractivity contribution in [1.82, 2.24) is 10.3 Å². The van der Waals surface area contributed by atoms with Crippen LogP contribution in [0.1, 0.15) is 15.9 Å². The topological polar surface area (TPSA) is 103 Å². The summed E-state index contributed by atoms with van der Waals surface area (Å²) in [7, 11) is 5.99. The van der Waals surface area contributed by atoms with E-state index in [0.29, 0.717) is 40.3 Å². The van der Waals surface area contributed by atoms with E-state index < -0.39 is 5.91 Å². The van der Waals surface area contributed by atoms with Gasteiger partial charge in [0.15, 0.2) is 11.5 Å². The molecule has 34 heavy (non-hydrogen) atoms. The predicted molar refractivity (Wildman–Crippen MR) is 131 cm³/mol. The third-order valence-corrected chi connectivity index (χ3v) is 4.98. The Morgan fingerprint density at radius 3 is 2.15 bits per heavy atom. The second kappa shape index (κ2) is 11.8. The SMILES string of the molecule is COc1ccc(Cl)cc1NC(=NCc1ccncc1)NC(=O)c1cc(OC)c(OC)c(OC)c1. The van der Waals surface area contributed by atoms with E-state index >= 15 is 0 Å². The molecular weight excluding hydrogens is 460 g/mol. The predicted octanol–water partition coefficient (Wildman–Crippen LogP) is 4.17. The molecule has 0 unspecified atom stereocenters. The second-order valence-corrected chi connectivity index (χ2v) is 7.29. The fourth-order valence-corrected chi connectivity index (χ4v) is 3.24. The molecule has 0 aliphatic rings. The van der Waals surface area contributed by atoms with Crippen molar-refractivity contribution < 1.29 is 23.7 Å². The molecule has 3 rings (SSSR count). The van der Waals surface area contributed by atoms with Crippen LogP contribution in [0.25, 0.3) is 0 Å². The van der Waals surface area contributed by atoms with Gasteiger partial charge in [0.1, 0.15) is 5.75 Å². The lowest BCUT2D eigenvalue weighted by Crippen LogP contribution is -2.36. The normalized spacial score (nSPS) is 10.9. The van der Waals surface area contributed by atoms with E-state index in [-0.39, 0.29) is 11.5 Å². The van der Waals surface area contributed by atoms with Crippen LogP contribution in [0.2, 0.25) is 5.02 Å². The highest BCUT2D eigenvalue weighted by molar-refractivity contribution is 6.31. The number of aliphatic imine (C=N–C) groups is 1. The number of benzene rings is 2. The first-order valence-corrected chi connectivity index (χ1v) is 10.5. The Morgan fingerprint density at radius 1 is 0.912 bits per heavy atom. The minimum Gasteiger partial charge on any atom is -0.495 e. The molecule has 3 aromatic rings. The number of hydrogen-bond acceptors (Lipinski definition) is 7. The van der Waals surface area contributed by atoms with Crippen LogP contribution < -0.4 is 29.6 Å². The Bertz CT molecular complexity index is 1150. The van der Waals surface area contributed by atoms with Gasteiger partial charge >= 0.3 is 0 Å². The fraction of sp³-hybridized carbons (Fsp3) is 0.208. The van der Waals surface area contributed by atoms with Crippen LogP contribution >= 0.6 is 11.6 Å². The van der Waals surface area contributed by atoms with E-state index in [1.807, 2.05) is 12.1 Å². The maximum atomic E-state index is 13.2. The highest BCUT2D eigenvalue weighted by Gasteiger charge is 2.18. The van der Waals surface area contributed by atoms with Crippen molar-refractivity contribution >= 4 is 29.2 Å². The molecule has 0 fully saturated rings. The molecule has 2 aromatic carbocycles. The van der Waals surface area contributed by atoms with E-state index in [0.717, 1.165) is 5.56 Å². The van der Waals surface area contributed by atoms with E-state index in [9.17, 15) is 4.79 Å². The van der Waals surface area contributed by atoms with Gasteiger partial charge in [0.2, 0.25) is 11.7 Å². The smallest absolute Gasteiger partial charge is 0.258 e. The molecule has 1 aromatic heterocycles. The number of amides is 1. The number of aromatic nitrogens is 1. The summed E-state index contributed by atoms with van der Waals surface area (Å²) in [4.78, 5) is 21.7. The lowest BCUT2D eigenvalue weighted by Gasteiger charge is -2.16. The molecule has 0 radical (unpaired) electrons. The third kappa shape index (κ3) is 6.08. The zero-order valence-corrected chi connectivity index (χ0v) is 20.0. The number of nitrogens with one attached hydrogen (secondary N) is 2. The van der Waals surface area contributed by atoms with Crippen LogP contribution in [0, 0.1) is 0 Å². The van der Waals surface area contributed by atoms with Gasteiger partial charge in [-0.2, -0.15) is 0 Å². The van der Waals surface area contributed by atoms with Crippen LogP contribution in [0.3, 0.4) is 0 Å². The minimum absolute atomic E-state index is 0.191. The van der Waals surface area contributed by atoms with Crippen molar-refractivity contribution in [3.8, 4) is 23.0 Å². The minimum atomic E-state index is -0.443. The largest absolute Gasteiger partial charge is 0.495 e. The molecule has 0 aliphatic carbocycles. The molecular formula is C24H25ClN4O5. The van der Waals surface area contributed by atoms with Crippen molar-refractivity contribution in [2.45, 2.75) is 6.54 Å². The number of pyridine rings is 1. The van der Waals surface area contributed by atoms with Crippen molar-refractivity contribution in [3.05, 3.63) is 71.0 Å². The van der Waals surface area contributed by atoms with E-state index in [1.165, 1.54) is 28.4 Å². The lowest BCUT2D eigenvalue weighted by molar-refractivity contribution is 0.0976. The summed E-state index contributed by atoms with van der Waals surface area (Å²) >= 11 is 6.16. The number of anilines is 1. The van der Waals surface area contributed by atoms with Gasteiger partial charge < -0.3 is 24.3 Å². The van der Waals surface area contributed by atoms with Gasteiger partial charge in [0, 0.05) is 23.0 Å². The van der Waals surface area contributed by atoms with Crippen molar-refractivity contribution in [2.24, 2.45) is 4.99 Å². The van der Waals surface area contributed by atoms with E-state index in [1.54, 1.807) is 42.7 Å². The van der Waals surface area contributed by atoms with E-state index in [2.05, 4.69) is 20.6 Å². The van der Waals surface area contributed by atoms with Crippen LogP contribution in [0.15, 0.2) is 59.9 Å². The number of ether oxygens (including phenoxy) is 4. The number of carbonyl (C=O) groups is 1. The Labute approximate surface area is 202 Å². The summed E-state index contributed by atoms with van der Waals surface area (Å²) in [6.07, 6.45) is 3.35. The van der Waals surface area contributed by atoms with E-state index in [4.69, 9.17) is 30.5 Å². The molecule has 0 spiro atoms. The van der Waals surface area contributed by atoms with Gasteiger partial charge in [-0.15, -0.1) is 0 Å². The molecule has 0 bridgehead atoms. The van der Waals surface area contributed by atoms with Crippen LogP contribution in [-0.4, -0.2) is 45.3 Å². The fourth-order valence-electron chi connectivity index (χ4n) is 3.07. The zero-order valence-electron chi connectivity index (χ0n) is 19.2. The number of carbonyl (C=O) groups excluding carboxylic acids is 1. The molecule has 178 valence electrons. The van der Waals surface area contributed by atoms with Crippen molar-refractivity contribution in [1.29, 1.82) is 0 Å². The van der Waals surface area contributed by atoms with Gasteiger partial charge in [-0.3, -0.25) is 15.1 Å². The zero-order chi connectivity index (χ0) is 24.5.